The molecule has 10 heteroatoms. The Bertz CT molecular complexity index is 1350. The molecule has 0 saturated carbocycles. The number of hydrogen-bond donors (Lipinski definition) is 1. The predicted octanol–water partition coefficient (Wildman–Crippen LogP) is 2.99. The lowest BCUT2D eigenvalue weighted by Gasteiger charge is -2.35. The van der Waals surface area contributed by atoms with Crippen molar-refractivity contribution in [2.24, 2.45) is 0 Å². The number of rotatable bonds is 9. The van der Waals surface area contributed by atoms with Crippen LogP contribution in [0.5, 0.6) is 5.75 Å². The van der Waals surface area contributed by atoms with E-state index in [1.807, 2.05) is 30.3 Å². The van der Waals surface area contributed by atoms with E-state index in [2.05, 4.69) is 5.32 Å². The Hall–Kier alpha value is -3.76. The van der Waals surface area contributed by atoms with Crippen LogP contribution in [0.1, 0.15) is 12.5 Å². The highest BCUT2D eigenvalue weighted by atomic mass is 32.2. The number of halogens is 1. The number of fused-ring (bicyclic) bond motifs is 1. The lowest BCUT2D eigenvalue weighted by Crippen LogP contribution is -2.53. The molecule has 0 aromatic heterocycles. The molecular weight excluding hydrogens is 497 g/mol. The van der Waals surface area contributed by atoms with Crippen molar-refractivity contribution in [2.45, 2.75) is 24.3 Å². The van der Waals surface area contributed by atoms with Crippen LogP contribution in [0, 0.1) is 5.82 Å². The topological polar surface area (TPSA) is 96.0 Å². The molecule has 1 unspecified atom stereocenters. The Kier molecular flexibility index (Phi) is 8.20. The maximum Gasteiger partial charge on any atom is 0.262 e. The second-order valence-corrected chi connectivity index (χ2v) is 10.4. The molecule has 0 radical (unpaired) electrons. The fourth-order valence-corrected chi connectivity index (χ4v) is 5.45. The summed E-state index contributed by atoms with van der Waals surface area (Å²) in [6.45, 7) is 1.53. The quantitative estimate of drug-likeness (QED) is 0.464. The number of sulfonamides is 1. The molecule has 0 aliphatic carbocycles. The van der Waals surface area contributed by atoms with Crippen LogP contribution < -0.4 is 15.0 Å². The molecule has 1 atom stereocenters. The SMILES string of the molecule is CCN(CC(=O)N1CC(C(=O)NCCc2ccccc2)Oc2ccccc21)S(=O)(=O)c1ccc(F)cc1. The first-order valence-electron chi connectivity index (χ1n) is 11.9. The Morgan fingerprint density at radius 1 is 1.03 bits per heavy atom. The number of para-hydroxylation sites is 2. The van der Waals surface area contributed by atoms with E-state index in [-0.39, 0.29) is 23.9 Å². The van der Waals surface area contributed by atoms with Crippen molar-refractivity contribution in [1.29, 1.82) is 0 Å². The summed E-state index contributed by atoms with van der Waals surface area (Å²) in [6, 6.07) is 21.0. The average molecular weight is 526 g/mol. The molecule has 2 amide bonds. The van der Waals surface area contributed by atoms with E-state index < -0.39 is 34.4 Å². The van der Waals surface area contributed by atoms with Gasteiger partial charge in [-0.25, -0.2) is 12.8 Å². The van der Waals surface area contributed by atoms with E-state index in [1.54, 1.807) is 31.2 Å². The summed E-state index contributed by atoms with van der Waals surface area (Å²) < 4.78 is 46.4. The summed E-state index contributed by atoms with van der Waals surface area (Å²) in [5.74, 6) is -1.08. The van der Waals surface area contributed by atoms with E-state index >= 15 is 0 Å². The zero-order valence-corrected chi connectivity index (χ0v) is 21.2. The van der Waals surface area contributed by atoms with E-state index in [1.165, 1.54) is 4.90 Å². The first-order valence-corrected chi connectivity index (χ1v) is 13.4. The van der Waals surface area contributed by atoms with E-state index in [4.69, 9.17) is 4.74 Å². The molecule has 1 heterocycles. The summed E-state index contributed by atoms with van der Waals surface area (Å²) >= 11 is 0. The normalized spacial score (nSPS) is 15.1. The maximum atomic E-state index is 13.4. The van der Waals surface area contributed by atoms with Crippen molar-refractivity contribution in [2.75, 3.05) is 31.1 Å². The summed E-state index contributed by atoms with van der Waals surface area (Å²) in [5.41, 5.74) is 1.53. The van der Waals surface area contributed by atoms with Crippen molar-refractivity contribution in [3.05, 3.63) is 90.2 Å². The molecular formula is C27H28FN3O5S. The van der Waals surface area contributed by atoms with Crippen molar-refractivity contribution in [3.8, 4) is 5.75 Å². The van der Waals surface area contributed by atoms with Gasteiger partial charge in [0.25, 0.3) is 5.91 Å². The van der Waals surface area contributed by atoms with Crippen LogP contribution >= 0.6 is 0 Å². The van der Waals surface area contributed by atoms with Gasteiger partial charge in [-0.05, 0) is 48.4 Å². The Morgan fingerprint density at radius 2 is 1.70 bits per heavy atom. The minimum absolute atomic E-state index is 0.0286. The minimum Gasteiger partial charge on any atom is -0.477 e. The van der Waals surface area contributed by atoms with Gasteiger partial charge in [0.15, 0.2) is 6.10 Å². The third-order valence-corrected chi connectivity index (χ3v) is 7.97. The third-order valence-electron chi connectivity index (χ3n) is 6.04. The molecule has 3 aromatic rings. The van der Waals surface area contributed by atoms with Gasteiger partial charge >= 0.3 is 0 Å². The molecule has 8 nitrogen and oxygen atoms in total. The fraction of sp³-hybridized carbons (Fsp3) is 0.259. The summed E-state index contributed by atoms with van der Waals surface area (Å²) in [4.78, 5) is 27.6. The number of hydrogen-bond acceptors (Lipinski definition) is 5. The van der Waals surface area contributed by atoms with Crippen LogP contribution in [-0.4, -0.2) is 56.8 Å². The van der Waals surface area contributed by atoms with Crippen LogP contribution in [0.4, 0.5) is 10.1 Å². The third kappa shape index (κ3) is 6.15. The molecule has 1 aliphatic rings. The summed E-state index contributed by atoms with van der Waals surface area (Å²) in [6.07, 6.45) is -0.316. The number of likely N-dealkylation sites (N-methyl/N-ethyl adjacent to an activating group) is 1. The van der Waals surface area contributed by atoms with Gasteiger partial charge in [-0.3, -0.25) is 9.59 Å². The monoisotopic (exact) mass is 525 g/mol. The first-order chi connectivity index (χ1) is 17.8. The summed E-state index contributed by atoms with van der Waals surface area (Å²) in [7, 11) is -4.04. The Morgan fingerprint density at radius 3 is 2.41 bits per heavy atom. The highest BCUT2D eigenvalue weighted by Crippen LogP contribution is 2.33. The Balaban J connectivity index is 1.48. The molecule has 0 saturated heterocycles. The van der Waals surface area contributed by atoms with Gasteiger partial charge in [0.2, 0.25) is 15.9 Å². The van der Waals surface area contributed by atoms with Gasteiger partial charge < -0.3 is 15.0 Å². The molecule has 194 valence electrons. The van der Waals surface area contributed by atoms with Gasteiger partial charge in [0.1, 0.15) is 11.6 Å². The first kappa shape index (κ1) is 26.3. The smallest absolute Gasteiger partial charge is 0.262 e. The van der Waals surface area contributed by atoms with Crippen molar-refractivity contribution >= 4 is 27.5 Å². The summed E-state index contributed by atoms with van der Waals surface area (Å²) in [5, 5.41) is 2.85. The zero-order valence-electron chi connectivity index (χ0n) is 20.3. The molecule has 0 bridgehead atoms. The van der Waals surface area contributed by atoms with E-state index in [9.17, 15) is 22.4 Å². The van der Waals surface area contributed by atoms with Crippen LogP contribution in [0.2, 0.25) is 0 Å². The van der Waals surface area contributed by atoms with Gasteiger partial charge in [0.05, 0.1) is 23.7 Å². The zero-order chi connectivity index (χ0) is 26.4. The van der Waals surface area contributed by atoms with E-state index in [0.717, 1.165) is 34.1 Å². The molecule has 0 fully saturated rings. The van der Waals surface area contributed by atoms with Gasteiger partial charge in [-0.2, -0.15) is 4.31 Å². The van der Waals surface area contributed by atoms with Crippen molar-refractivity contribution in [3.63, 3.8) is 0 Å². The van der Waals surface area contributed by atoms with Gasteiger partial charge in [-0.15, -0.1) is 0 Å². The molecule has 37 heavy (non-hydrogen) atoms. The number of amides is 2. The van der Waals surface area contributed by atoms with Crippen LogP contribution in [0.3, 0.4) is 0 Å². The highest BCUT2D eigenvalue weighted by Gasteiger charge is 2.35. The molecule has 4 rings (SSSR count). The van der Waals surface area contributed by atoms with Crippen LogP contribution in [0.15, 0.2) is 83.8 Å². The molecule has 1 aliphatic heterocycles. The second-order valence-electron chi connectivity index (χ2n) is 8.49. The fourth-order valence-electron chi connectivity index (χ4n) is 4.05. The van der Waals surface area contributed by atoms with Gasteiger partial charge in [-0.1, -0.05) is 49.4 Å². The number of anilines is 1. The lowest BCUT2D eigenvalue weighted by atomic mass is 10.1. The maximum absolute atomic E-state index is 13.4. The number of carbonyl (C=O) groups excluding carboxylic acids is 2. The predicted molar refractivity (Wildman–Crippen MR) is 137 cm³/mol. The van der Waals surface area contributed by atoms with Crippen molar-refractivity contribution < 1.29 is 27.1 Å². The average Bonchev–Trinajstić information content (AvgIpc) is 2.91. The second kappa shape index (κ2) is 11.5. The number of nitrogens with one attached hydrogen (secondary N) is 1. The molecule has 0 spiro atoms. The minimum atomic E-state index is -4.04. The standard InChI is InChI=1S/C27H28FN3O5S/c1-2-30(37(34,35)22-14-12-21(28)13-15-22)19-26(32)31-18-25(36-24-11-7-6-10-23(24)31)27(33)29-17-16-20-8-4-3-5-9-20/h3-15,25H,2,16-19H2,1H3,(H,29,33). The van der Waals surface area contributed by atoms with Crippen LogP contribution in [-0.2, 0) is 26.0 Å². The number of benzene rings is 3. The number of ether oxygens (including phenoxy) is 1. The van der Waals surface area contributed by atoms with E-state index in [0.29, 0.717) is 24.4 Å². The molecule has 1 N–H and O–H groups in total. The highest BCUT2D eigenvalue weighted by molar-refractivity contribution is 7.89. The van der Waals surface area contributed by atoms with Crippen LogP contribution in [0.25, 0.3) is 0 Å². The largest absolute Gasteiger partial charge is 0.477 e. The number of carbonyl (C=O) groups is 2. The lowest BCUT2D eigenvalue weighted by molar-refractivity contribution is -0.128. The van der Waals surface area contributed by atoms with Crippen molar-refractivity contribution in [1.82, 2.24) is 9.62 Å². The Labute approximate surface area is 215 Å². The molecule has 3 aromatic carbocycles. The number of nitrogens with zero attached hydrogens (tertiary/aromatic N) is 2. The van der Waals surface area contributed by atoms with Gasteiger partial charge in [0, 0.05) is 13.1 Å².